The summed E-state index contributed by atoms with van der Waals surface area (Å²) in [6.45, 7) is -1.71. The Bertz CT molecular complexity index is 1950. The Morgan fingerprint density at radius 2 is 1.84 bits per heavy atom. The van der Waals surface area contributed by atoms with Crippen molar-refractivity contribution < 1.29 is 53.0 Å². The Kier molecular flexibility index (Phi) is 8.27. The molecule has 2 aromatic carbocycles. The molecule has 1 aromatic heterocycles. The maximum absolute atomic E-state index is 15.0. The van der Waals surface area contributed by atoms with Gasteiger partial charge in [-0.05, 0) is 0 Å². The molecule has 2 bridgehead atoms. The van der Waals surface area contributed by atoms with Gasteiger partial charge in [0, 0.05) is 14.1 Å². The molecule has 10 nitrogen and oxygen atoms in total. The number of hydrogen-bond acceptors (Lipinski definition) is 6. The third kappa shape index (κ3) is 5.55. The molecule has 4 heterocycles. The van der Waals surface area contributed by atoms with E-state index < -0.39 is 28.1 Å². The van der Waals surface area contributed by atoms with Gasteiger partial charge >= 0.3 is 270 Å². The van der Waals surface area contributed by atoms with Crippen LogP contribution < -0.4 is 30.9 Å². The number of carbonyl (C=O) groups is 2. The topological polar surface area (TPSA) is 104 Å². The molecule has 2 saturated heterocycles. The second-order valence-electron chi connectivity index (χ2n) is 14.4. The van der Waals surface area contributed by atoms with Gasteiger partial charge in [0.2, 0.25) is 0 Å². The number of ether oxygens (including phenoxy) is 1. The van der Waals surface area contributed by atoms with Crippen molar-refractivity contribution in [2.75, 3.05) is 27.7 Å². The van der Waals surface area contributed by atoms with E-state index in [-0.39, 0.29) is 60.6 Å². The van der Waals surface area contributed by atoms with E-state index in [1.165, 1.54) is 14.1 Å². The zero-order chi connectivity index (χ0) is 34.4. The summed E-state index contributed by atoms with van der Waals surface area (Å²) in [4.78, 5) is 30.5. The SMILES string of the molecule is CN1CC2CCC([I-]1)N2C(=O)C12CC1c1cc(OC(F)F)ccc1-c1c(C3CCCCC3)c3ccc(C(=O)NS(=O)(=O)N(C)C)cc3n1C2. The van der Waals surface area contributed by atoms with Crippen molar-refractivity contribution in [1.29, 1.82) is 0 Å². The van der Waals surface area contributed by atoms with Crippen LogP contribution in [0.25, 0.3) is 22.2 Å². The van der Waals surface area contributed by atoms with Gasteiger partial charge < -0.3 is 0 Å². The summed E-state index contributed by atoms with van der Waals surface area (Å²) < 4.78 is 65.0. The van der Waals surface area contributed by atoms with Crippen molar-refractivity contribution in [1.82, 2.24) is 21.6 Å². The van der Waals surface area contributed by atoms with Gasteiger partial charge in [0.05, 0.1) is 0 Å². The fraction of sp³-hybridized carbons (Fsp3) is 0.543. The number of carbonyl (C=O) groups excluding carboxylic acids is 2. The Hall–Kier alpha value is -2.82. The number of likely N-dealkylation sites (N-methyl/N-ethyl adjacent to an activating group) is 1. The van der Waals surface area contributed by atoms with E-state index in [0.29, 0.717) is 13.0 Å². The van der Waals surface area contributed by atoms with Gasteiger partial charge in [0.1, 0.15) is 0 Å². The van der Waals surface area contributed by atoms with Crippen LogP contribution in [0.5, 0.6) is 5.75 Å². The molecule has 4 unspecified atom stereocenters. The van der Waals surface area contributed by atoms with Gasteiger partial charge in [-0.2, -0.15) is 12.7 Å². The normalized spacial score (nSPS) is 26.9. The van der Waals surface area contributed by atoms with E-state index >= 15 is 0 Å². The number of nitrogens with one attached hydrogen (secondary N) is 1. The van der Waals surface area contributed by atoms with Crippen LogP contribution in [0, 0.1) is 5.41 Å². The average Bonchev–Trinajstić information content (AvgIpc) is 3.64. The number of amides is 2. The van der Waals surface area contributed by atoms with E-state index in [9.17, 15) is 26.8 Å². The van der Waals surface area contributed by atoms with E-state index in [1.807, 2.05) is 12.1 Å². The average molecular weight is 809 g/mol. The van der Waals surface area contributed by atoms with Crippen LogP contribution in [0.1, 0.15) is 84.7 Å². The predicted octanol–water partition coefficient (Wildman–Crippen LogP) is 2.25. The number of benzene rings is 2. The Balaban J connectivity index is 1.32. The first-order valence-electron chi connectivity index (χ1n) is 17.1. The standard InChI is InChI=1S/C35H41F2IN5O5S/c1-40(2)49(46,47)39-32(44)21-9-12-25-28(15-21)42-19-35(33(45)43-22-10-14-29(43)38-41(3)18-22)17-27(35)26-16-23(48-34(36)37)11-13-24(26)31(42)30(25)20-7-5-4-6-8-20/h9,11-13,15-16,20,22,27,29,34H,4-8,10,14,17-19H2,1-3H3,(H,39,44)/q-1. The molecule has 3 aliphatic heterocycles. The number of aromatic nitrogens is 1. The zero-order valence-electron chi connectivity index (χ0n) is 27.8. The van der Waals surface area contributed by atoms with E-state index in [4.69, 9.17) is 4.74 Å². The summed E-state index contributed by atoms with van der Waals surface area (Å²) in [5.41, 5.74) is 4.09. The Morgan fingerprint density at radius 3 is 2.55 bits per heavy atom. The van der Waals surface area contributed by atoms with E-state index in [2.05, 4.69) is 24.4 Å². The number of nitrogens with zero attached hydrogens (tertiary/aromatic N) is 4. The maximum atomic E-state index is 15.0. The number of alkyl halides is 3. The second-order valence-corrected chi connectivity index (χ2v) is 20.0. The predicted molar refractivity (Wildman–Crippen MR) is 176 cm³/mol. The first-order valence-corrected chi connectivity index (χ1v) is 20.7. The molecular weight excluding hydrogens is 767 g/mol. The summed E-state index contributed by atoms with van der Waals surface area (Å²) in [6.07, 6.45) is 7.94. The molecule has 49 heavy (non-hydrogen) atoms. The fourth-order valence-electron chi connectivity index (χ4n) is 8.92. The minimum absolute atomic E-state index is 0.0809. The molecular formula is C35H41F2IN5O5S-. The molecule has 2 saturated carbocycles. The van der Waals surface area contributed by atoms with Gasteiger partial charge in [-0.3, -0.25) is 0 Å². The van der Waals surface area contributed by atoms with Crippen LogP contribution in [0.15, 0.2) is 36.4 Å². The van der Waals surface area contributed by atoms with E-state index in [0.717, 1.165) is 89.1 Å². The minimum atomic E-state index is -4.02. The van der Waals surface area contributed by atoms with E-state index in [1.54, 1.807) is 24.3 Å². The van der Waals surface area contributed by atoms with Gasteiger partial charge in [0.25, 0.3) is 0 Å². The van der Waals surface area contributed by atoms with Crippen LogP contribution in [0.2, 0.25) is 0 Å². The molecule has 2 aliphatic carbocycles. The zero-order valence-corrected chi connectivity index (χ0v) is 30.8. The molecule has 2 amide bonds. The first-order chi connectivity index (χ1) is 23.4. The van der Waals surface area contributed by atoms with Crippen molar-refractivity contribution in [3.8, 4) is 17.0 Å². The van der Waals surface area contributed by atoms with Gasteiger partial charge in [-0.15, -0.1) is 0 Å². The Labute approximate surface area is 295 Å². The van der Waals surface area contributed by atoms with Crippen molar-refractivity contribution in [2.45, 2.75) is 86.4 Å². The fourth-order valence-corrected chi connectivity index (χ4v) is 12.9. The number of fused-ring (bicyclic) bond motifs is 9. The molecule has 0 radical (unpaired) electrons. The van der Waals surface area contributed by atoms with Gasteiger partial charge in [-0.1, -0.05) is 0 Å². The molecule has 5 aliphatic rings. The summed E-state index contributed by atoms with van der Waals surface area (Å²) in [6, 6.07) is 10.7. The van der Waals surface area contributed by atoms with Crippen LogP contribution in [-0.2, 0) is 21.5 Å². The molecule has 4 atom stereocenters. The number of halogens is 3. The molecule has 14 heteroatoms. The molecule has 4 fully saturated rings. The van der Waals surface area contributed by atoms with Crippen molar-refractivity contribution in [2.24, 2.45) is 5.41 Å². The summed E-state index contributed by atoms with van der Waals surface area (Å²) in [5, 5.41) is 0.972. The number of rotatable bonds is 7. The molecule has 8 rings (SSSR count). The van der Waals surface area contributed by atoms with Crippen molar-refractivity contribution in [3.63, 3.8) is 0 Å². The second kappa shape index (κ2) is 12.2. The van der Waals surface area contributed by atoms with Crippen LogP contribution in [0.4, 0.5) is 8.78 Å². The summed E-state index contributed by atoms with van der Waals surface area (Å²) in [5.74, 6) is -0.438. The third-order valence-corrected chi connectivity index (χ3v) is 15.9. The molecule has 264 valence electrons. The van der Waals surface area contributed by atoms with Crippen LogP contribution in [0.3, 0.4) is 0 Å². The monoisotopic (exact) mass is 808 g/mol. The van der Waals surface area contributed by atoms with Crippen LogP contribution in [-0.4, -0.2) is 81.5 Å². The number of hydrogen-bond donors (Lipinski definition) is 1. The van der Waals surface area contributed by atoms with Crippen molar-refractivity contribution in [3.05, 3.63) is 53.1 Å². The van der Waals surface area contributed by atoms with Crippen molar-refractivity contribution >= 4 is 32.9 Å². The quantitative estimate of drug-likeness (QED) is 0.170. The Morgan fingerprint density at radius 1 is 1.06 bits per heavy atom. The molecule has 0 spiro atoms. The third-order valence-electron chi connectivity index (χ3n) is 11.3. The summed E-state index contributed by atoms with van der Waals surface area (Å²) >= 11 is -0.334. The van der Waals surface area contributed by atoms with Gasteiger partial charge in [0.15, 0.2) is 0 Å². The van der Waals surface area contributed by atoms with Gasteiger partial charge in [-0.25, -0.2) is 0 Å². The summed E-state index contributed by atoms with van der Waals surface area (Å²) in [7, 11) is 0.837. The molecule has 3 aromatic rings. The van der Waals surface area contributed by atoms with Crippen LogP contribution >= 0.6 is 0 Å². The molecule has 1 N–H and O–H groups in total. The first kappa shape index (κ1) is 33.3.